The maximum absolute atomic E-state index is 11.5. The van der Waals surface area contributed by atoms with Crippen LogP contribution in [0.2, 0.25) is 0 Å². The van der Waals surface area contributed by atoms with Crippen LogP contribution in [0.5, 0.6) is 0 Å². The molecule has 0 saturated carbocycles. The Balaban J connectivity index is 2.75. The lowest BCUT2D eigenvalue weighted by Gasteiger charge is -2.20. The molecule has 2 aromatic rings. The number of fused-ring (bicyclic) bond motifs is 1. The second-order valence-corrected chi connectivity index (χ2v) is 4.09. The van der Waals surface area contributed by atoms with Crippen LogP contribution in [0.3, 0.4) is 0 Å². The van der Waals surface area contributed by atoms with Gasteiger partial charge in [0.05, 0.1) is 5.54 Å². The Hall–Kier alpha value is -1.89. The zero-order valence-electron chi connectivity index (χ0n) is 9.26. The van der Waals surface area contributed by atoms with Gasteiger partial charge in [0, 0.05) is 0 Å². The fourth-order valence-corrected chi connectivity index (χ4v) is 1.35. The molecule has 0 saturated heterocycles. The van der Waals surface area contributed by atoms with Gasteiger partial charge in [-0.2, -0.15) is 0 Å². The van der Waals surface area contributed by atoms with Crippen LogP contribution in [-0.2, 0) is 5.54 Å². The van der Waals surface area contributed by atoms with Gasteiger partial charge in [0.15, 0.2) is 5.65 Å². The Morgan fingerprint density at radius 3 is 2.50 bits per heavy atom. The Morgan fingerprint density at radius 2 is 1.88 bits per heavy atom. The number of aromatic amines is 3. The van der Waals surface area contributed by atoms with Crippen molar-refractivity contribution < 1.29 is 0 Å². The number of H-pyrrole nitrogens is 3. The van der Waals surface area contributed by atoms with E-state index in [1.807, 2.05) is 13.8 Å². The number of rotatable bonds is 2. The minimum atomic E-state index is -0.558. The molecule has 16 heavy (non-hydrogen) atoms. The summed E-state index contributed by atoms with van der Waals surface area (Å²) in [5, 5.41) is 3.05. The Labute approximate surface area is 90.3 Å². The highest BCUT2D eigenvalue weighted by atomic mass is 16.2. The van der Waals surface area contributed by atoms with Crippen molar-refractivity contribution in [3.8, 4) is 0 Å². The summed E-state index contributed by atoms with van der Waals surface area (Å²) in [5.41, 5.74) is -0.880. The third-order valence-corrected chi connectivity index (χ3v) is 2.61. The summed E-state index contributed by atoms with van der Waals surface area (Å²) < 4.78 is 0. The van der Waals surface area contributed by atoms with E-state index in [1.165, 1.54) is 0 Å². The predicted molar refractivity (Wildman–Crippen MR) is 59.4 cm³/mol. The van der Waals surface area contributed by atoms with Crippen molar-refractivity contribution in [2.24, 2.45) is 0 Å². The average Bonchev–Trinajstić information content (AvgIpc) is 2.62. The van der Waals surface area contributed by atoms with Gasteiger partial charge in [0.25, 0.3) is 5.56 Å². The molecule has 7 heteroatoms. The molecule has 86 valence electrons. The van der Waals surface area contributed by atoms with E-state index in [4.69, 9.17) is 0 Å². The first kappa shape index (κ1) is 10.6. The first-order valence-corrected chi connectivity index (χ1v) is 4.86. The number of hydrogen-bond donors (Lipinski definition) is 4. The summed E-state index contributed by atoms with van der Waals surface area (Å²) in [7, 11) is 1.79. The zero-order chi connectivity index (χ0) is 11.9. The first-order chi connectivity index (χ1) is 7.44. The van der Waals surface area contributed by atoms with Crippen molar-refractivity contribution in [3.63, 3.8) is 0 Å². The fraction of sp³-hybridized carbons (Fsp3) is 0.444. The lowest BCUT2D eigenvalue weighted by Crippen LogP contribution is -2.34. The van der Waals surface area contributed by atoms with E-state index in [2.05, 4.69) is 25.3 Å². The van der Waals surface area contributed by atoms with Crippen LogP contribution in [0.15, 0.2) is 9.59 Å². The second kappa shape index (κ2) is 3.31. The summed E-state index contributed by atoms with van der Waals surface area (Å²) in [4.78, 5) is 34.2. The standard InChI is InChI=1S/C9H13N5O2/c1-9(2,10-3)7-11-4-5(12-7)13-8(16)14-6(4)15/h10H,1-3H3,(H3,11,12,13,14,15,16). The van der Waals surface area contributed by atoms with Crippen LogP contribution >= 0.6 is 0 Å². The molecule has 0 atom stereocenters. The lowest BCUT2D eigenvalue weighted by atomic mass is 10.1. The van der Waals surface area contributed by atoms with Crippen LogP contribution in [0.4, 0.5) is 0 Å². The van der Waals surface area contributed by atoms with Crippen LogP contribution in [0, 0.1) is 0 Å². The van der Waals surface area contributed by atoms with Crippen molar-refractivity contribution in [3.05, 3.63) is 26.7 Å². The predicted octanol–water partition coefficient (Wildman–Crippen LogP) is -0.606. The molecule has 0 fully saturated rings. The van der Waals surface area contributed by atoms with Gasteiger partial charge in [0.1, 0.15) is 11.3 Å². The molecule has 0 spiro atoms. The molecule has 2 rings (SSSR count). The molecule has 0 amide bonds. The van der Waals surface area contributed by atoms with Gasteiger partial charge in [-0.25, -0.2) is 9.78 Å². The number of hydrogen-bond acceptors (Lipinski definition) is 4. The molecular weight excluding hydrogens is 210 g/mol. The van der Waals surface area contributed by atoms with Gasteiger partial charge in [-0.3, -0.25) is 14.8 Å². The van der Waals surface area contributed by atoms with Gasteiger partial charge in [-0.15, -0.1) is 0 Å². The summed E-state index contributed by atoms with van der Waals surface area (Å²) in [6.07, 6.45) is 0. The molecule has 0 aliphatic rings. The zero-order valence-corrected chi connectivity index (χ0v) is 9.26. The van der Waals surface area contributed by atoms with Crippen molar-refractivity contribution >= 4 is 11.2 Å². The van der Waals surface area contributed by atoms with Crippen molar-refractivity contribution in [2.75, 3.05) is 7.05 Å². The number of aromatic nitrogens is 4. The highest BCUT2D eigenvalue weighted by Crippen LogP contribution is 2.16. The number of nitrogens with one attached hydrogen (secondary N) is 4. The normalized spacial score (nSPS) is 12.2. The lowest BCUT2D eigenvalue weighted by molar-refractivity contribution is 0.421. The van der Waals surface area contributed by atoms with Crippen LogP contribution < -0.4 is 16.6 Å². The second-order valence-electron chi connectivity index (χ2n) is 4.09. The number of imidazole rings is 1. The molecule has 0 aliphatic heterocycles. The molecule has 0 bridgehead atoms. The van der Waals surface area contributed by atoms with E-state index < -0.39 is 16.8 Å². The van der Waals surface area contributed by atoms with E-state index in [1.54, 1.807) is 7.05 Å². The molecule has 4 N–H and O–H groups in total. The summed E-state index contributed by atoms with van der Waals surface area (Å²) in [5.74, 6) is 0.595. The van der Waals surface area contributed by atoms with Crippen molar-refractivity contribution in [1.82, 2.24) is 25.3 Å². The molecule has 2 aromatic heterocycles. The molecule has 2 heterocycles. The van der Waals surface area contributed by atoms with Gasteiger partial charge in [-0.1, -0.05) is 0 Å². The van der Waals surface area contributed by atoms with Crippen LogP contribution in [0.1, 0.15) is 19.7 Å². The third-order valence-electron chi connectivity index (χ3n) is 2.61. The van der Waals surface area contributed by atoms with Crippen LogP contribution in [0.25, 0.3) is 11.2 Å². The highest BCUT2D eigenvalue weighted by molar-refractivity contribution is 5.68. The summed E-state index contributed by atoms with van der Waals surface area (Å²) >= 11 is 0. The van der Waals surface area contributed by atoms with Gasteiger partial charge >= 0.3 is 5.69 Å². The van der Waals surface area contributed by atoms with Crippen molar-refractivity contribution in [2.45, 2.75) is 19.4 Å². The minimum absolute atomic E-state index is 0.270. The third kappa shape index (κ3) is 1.54. The van der Waals surface area contributed by atoms with E-state index >= 15 is 0 Å². The quantitative estimate of drug-likeness (QED) is 0.545. The SMILES string of the molecule is CNC(C)(C)c1nc2[nH]c(=O)[nH]c(=O)c2[nH]1. The molecule has 0 aromatic carbocycles. The fourth-order valence-electron chi connectivity index (χ4n) is 1.35. The largest absolute Gasteiger partial charge is 0.335 e. The summed E-state index contributed by atoms with van der Waals surface area (Å²) in [6.45, 7) is 3.83. The molecule has 7 nitrogen and oxygen atoms in total. The molecule has 0 radical (unpaired) electrons. The van der Waals surface area contributed by atoms with E-state index in [9.17, 15) is 9.59 Å². The molecular formula is C9H13N5O2. The van der Waals surface area contributed by atoms with E-state index in [0.29, 0.717) is 5.82 Å². The Kier molecular flexibility index (Phi) is 2.20. The Bertz CT molecular complexity index is 633. The Morgan fingerprint density at radius 1 is 1.19 bits per heavy atom. The smallest absolute Gasteiger partial charge is 0.327 e. The first-order valence-electron chi connectivity index (χ1n) is 4.86. The average molecular weight is 223 g/mol. The van der Waals surface area contributed by atoms with Gasteiger partial charge < -0.3 is 10.3 Å². The summed E-state index contributed by atoms with van der Waals surface area (Å²) in [6, 6.07) is 0. The highest BCUT2D eigenvalue weighted by Gasteiger charge is 2.22. The van der Waals surface area contributed by atoms with E-state index in [-0.39, 0.29) is 11.2 Å². The topological polar surface area (TPSA) is 106 Å². The maximum Gasteiger partial charge on any atom is 0.327 e. The minimum Gasteiger partial charge on any atom is -0.335 e. The van der Waals surface area contributed by atoms with Gasteiger partial charge in [0.2, 0.25) is 0 Å². The van der Waals surface area contributed by atoms with Crippen molar-refractivity contribution in [1.29, 1.82) is 0 Å². The number of nitrogens with zero attached hydrogens (tertiary/aromatic N) is 1. The van der Waals surface area contributed by atoms with E-state index in [0.717, 1.165) is 0 Å². The van der Waals surface area contributed by atoms with Crippen LogP contribution in [-0.4, -0.2) is 27.0 Å². The molecule has 0 unspecified atom stereocenters. The van der Waals surface area contributed by atoms with Gasteiger partial charge in [-0.05, 0) is 20.9 Å². The maximum atomic E-state index is 11.5. The monoisotopic (exact) mass is 223 g/mol. The molecule has 0 aliphatic carbocycles.